The number of unbranched alkanes of at least 4 members (excludes halogenated alkanes) is 22. The molecule has 3 unspecified atom stereocenters. The lowest BCUT2D eigenvalue weighted by atomic mass is 10.0. The quantitative estimate of drug-likeness (QED) is 0.0197. The Morgan fingerprint density at radius 3 is 1.33 bits per heavy atom. The van der Waals surface area contributed by atoms with Crippen molar-refractivity contribution < 1.29 is 52.2 Å². The van der Waals surface area contributed by atoms with E-state index in [1.165, 1.54) is 70.6 Å². The van der Waals surface area contributed by atoms with Gasteiger partial charge in [-0.25, -0.2) is 4.57 Å². The third kappa shape index (κ3) is 44.6. The van der Waals surface area contributed by atoms with E-state index in [4.69, 9.17) is 23.3 Å². The van der Waals surface area contributed by atoms with Gasteiger partial charge in [-0.15, -0.1) is 0 Å². The van der Waals surface area contributed by atoms with Gasteiger partial charge in [0.05, 0.1) is 19.8 Å². The summed E-state index contributed by atoms with van der Waals surface area (Å²) in [7, 11) is -4.74. The molecule has 2 N–H and O–H groups in total. The fraction of sp³-hybridized carbons (Fsp3) is 0.788. The summed E-state index contributed by atoms with van der Waals surface area (Å²) in [6.07, 6.45) is 46.6. The minimum Gasteiger partial charge on any atom is -0.462 e. The van der Waals surface area contributed by atoms with Crippen LogP contribution in [0.1, 0.15) is 226 Å². The summed E-state index contributed by atoms with van der Waals surface area (Å²) in [5, 5.41) is 9.76. The van der Waals surface area contributed by atoms with Crippen LogP contribution in [0.2, 0.25) is 0 Å². The van der Waals surface area contributed by atoms with Crippen LogP contribution in [0.25, 0.3) is 0 Å². The van der Waals surface area contributed by atoms with E-state index in [-0.39, 0.29) is 25.9 Å². The second-order valence-corrected chi connectivity index (χ2v) is 18.4. The molecule has 3 atom stereocenters. The zero-order valence-corrected chi connectivity index (χ0v) is 41.6. The molecule has 0 amide bonds. The summed E-state index contributed by atoms with van der Waals surface area (Å²) in [5.41, 5.74) is 0. The van der Waals surface area contributed by atoms with Crippen LogP contribution in [0.15, 0.2) is 48.6 Å². The Bertz CT molecular complexity index is 1260. The Morgan fingerprint density at radius 2 is 0.828 bits per heavy atom. The number of allylic oxidation sites excluding steroid dienone is 8. The summed E-state index contributed by atoms with van der Waals surface area (Å²) in [6, 6.07) is 0. The number of phosphoric ester groups is 1. The summed E-state index contributed by atoms with van der Waals surface area (Å²) in [4.78, 5) is 48.2. The molecule has 0 aliphatic heterocycles. The summed E-state index contributed by atoms with van der Waals surface area (Å²) in [5.74, 6) is -1.51. The molecule has 0 heterocycles. The van der Waals surface area contributed by atoms with Crippen molar-refractivity contribution in [3.8, 4) is 0 Å². The number of phosphoric acid groups is 1. The van der Waals surface area contributed by atoms with Crippen molar-refractivity contribution in [3.63, 3.8) is 0 Å². The molecule has 64 heavy (non-hydrogen) atoms. The van der Waals surface area contributed by atoms with Gasteiger partial charge < -0.3 is 24.2 Å². The number of hydrogen-bond donors (Lipinski definition) is 2. The van der Waals surface area contributed by atoms with Gasteiger partial charge in [0, 0.05) is 19.3 Å². The van der Waals surface area contributed by atoms with Crippen molar-refractivity contribution >= 4 is 25.7 Å². The highest BCUT2D eigenvalue weighted by atomic mass is 31.2. The van der Waals surface area contributed by atoms with E-state index in [0.29, 0.717) is 19.3 Å². The molecular weight excluding hydrogens is 832 g/mol. The first-order valence-corrected chi connectivity index (χ1v) is 27.0. The number of hydrogen-bond acceptors (Lipinski definition) is 10. The molecule has 0 aliphatic carbocycles. The fourth-order valence-electron chi connectivity index (χ4n) is 6.82. The third-order valence-electron chi connectivity index (χ3n) is 10.7. The van der Waals surface area contributed by atoms with Gasteiger partial charge in [-0.2, -0.15) is 0 Å². The molecule has 0 aromatic carbocycles. The molecule has 0 spiro atoms. The minimum absolute atomic E-state index is 0.132. The monoisotopic (exact) mass is 925 g/mol. The molecular formula is C52H93O11P. The molecule has 0 saturated heterocycles. The Labute approximate surface area is 390 Å². The van der Waals surface area contributed by atoms with Crippen LogP contribution >= 0.6 is 7.82 Å². The van der Waals surface area contributed by atoms with Crippen molar-refractivity contribution in [1.29, 1.82) is 0 Å². The number of aliphatic hydroxyl groups is 1. The van der Waals surface area contributed by atoms with E-state index < -0.39 is 57.8 Å². The van der Waals surface area contributed by atoms with E-state index in [1.807, 2.05) is 0 Å². The molecule has 0 fully saturated rings. The molecule has 12 heteroatoms. The highest BCUT2D eigenvalue weighted by Gasteiger charge is 2.28. The average molecular weight is 925 g/mol. The van der Waals surface area contributed by atoms with Crippen molar-refractivity contribution in [3.05, 3.63) is 48.6 Å². The number of aliphatic hydroxyl groups excluding tert-OH is 1. The molecule has 0 aromatic rings. The molecule has 0 saturated carbocycles. The van der Waals surface area contributed by atoms with Gasteiger partial charge in [-0.1, -0.05) is 185 Å². The average Bonchev–Trinajstić information content (AvgIpc) is 3.28. The van der Waals surface area contributed by atoms with Crippen LogP contribution in [0.5, 0.6) is 0 Å². The second-order valence-electron chi connectivity index (χ2n) is 17.0. The van der Waals surface area contributed by atoms with Crippen molar-refractivity contribution in [2.45, 2.75) is 238 Å². The smallest absolute Gasteiger partial charge is 0.462 e. The number of rotatable bonds is 47. The van der Waals surface area contributed by atoms with Crippen LogP contribution in [0.4, 0.5) is 0 Å². The first-order valence-electron chi connectivity index (χ1n) is 25.5. The number of ether oxygens (including phenoxy) is 3. The first kappa shape index (κ1) is 61.4. The van der Waals surface area contributed by atoms with E-state index in [0.717, 1.165) is 96.3 Å². The van der Waals surface area contributed by atoms with Gasteiger partial charge in [0.15, 0.2) is 6.10 Å². The van der Waals surface area contributed by atoms with E-state index >= 15 is 0 Å². The number of esters is 3. The predicted octanol–water partition coefficient (Wildman–Crippen LogP) is 14.2. The Balaban J connectivity index is 4.75. The van der Waals surface area contributed by atoms with E-state index in [9.17, 15) is 28.9 Å². The van der Waals surface area contributed by atoms with Crippen molar-refractivity contribution in [1.82, 2.24) is 0 Å². The van der Waals surface area contributed by atoms with Gasteiger partial charge in [0.2, 0.25) is 0 Å². The van der Waals surface area contributed by atoms with Gasteiger partial charge in [0.1, 0.15) is 12.7 Å². The zero-order valence-electron chi connectivity index (χ0n) is 40.7. The van der Waals surface area contributed by atoms with E-state index in [2.05, 4.69) is 69.4 Å². The van der Waals surface area contributed by atoms with Gasteiger partial charge >= 0.3 is 25.7 Å². The molecule has 11 nitrogen and oxygen atoms in total. The molecule has 0 bridgehead atoms. The molecule has 0 aliphatic rings. The van der Waals surface area contributed by atoms with Gasteiger partial charge in [-0.3, -0.25) is 23.4 Å². The maximum atomic E-state index is 12.8. The maximum absolute atomic E-state index is 12.8. The number of carbonyl (C=O) groups excluding carboxylic acids is 3. The molecule has 372 valence electrons. The van der Waals surface area contributed by atoms with Gasteiger partial charge in [-0.05, 0) is 70.6 Å². The molecule has 0 radical (unpaired) electrons. The lowest BCUT2D eigenvalue weighted by molar-refractivity contribution is -0.161. The first-order chi connectivity index (χ1) is 31.2. The summed E-state index contributed by atoms with van der Waals surface area (Å²) in [6.45, 7) is 4.44. The Morgan fingerprint density at radius 1 is 0.453 bits per heavy atom. The van der Waals surface area contributed by atoms with Crippen LogP contribution in [-0.4, -0.2) is 66.5 Å². The van der Waals surface area contributed by atoms with Crippen LogP contribution < -0.4 is 0 Å². The molecule has 0 rings (SSSR count). The topological polar surface area (TPSA) is 155 Å². The Kier molecular flexibility index (Phi) is 45.1. The van der Waals surface area contributed by atoms with Crippen LogP contribution in [0, 0.1) is 0 Å². The Hall–Kier alpha value is -2.56. The summed E-state index contributed by atoms with van der Waals surface area (Å²) < 4.78 is 39.3. The van der Waals surface area contributed by atoms with Crippen LogP contribution in [-0.2, 0) is 42.2 Å². The molecule has 0 aromatic heterocycles. The maximum Gasteiger partial charge on any atom is 0.472 e. The number of carbonyl (C=O) groups is 3. The van der Waals surface area contributed by atoms with Crippen molar-refractivity contribution in [2.24, 2.45) is 0 Å². The van der Waals surface area contributed by atoms with E-state index in [1.54, 1.807) is 0 Å². The predicted molar refractivity (Wildman–Crippen MR) is 261 cm³/mol. The minimum atomic E-state index is -4.74. The highest BCUT2D eigenvalue weighted by molar-refractivity contribution is 7.47. The zero-order chi connectivity index (χ0) is 47.0. The lowest BCUT2D eigenvalue weighted by Crippen LogP contribution is -2.30. The lowest BCUT2D eigenvalue weighted by Gasteiger charge is -2.21. The third-order valence-corrected chi connectivity index (χ3v) is 11.7. The fourth-order valence-corrected chi connectivity index (χ4v) is 7.61. The van der Waals surface area contributed by atoms with Gasteiger partial charge in [0.25, 0.3) is 0 Å². The SMILES string of the molecule is CC/C=C\C/C=C\C/C=C\CCCCCC(=O)OC(COC(=O)CCCCCCC/C=C\CCCC)COP(=O)(O)OCC(CO)OC(=O)CCCCCCCCCCCCCCC. The van der Waals surface area contributed by atoms with Crippen molar-refractivity contribution in [2.75, 3.05) is 26.4 Å². The standard InChI is InChI=1S/C52H93O11P/c1-4-7-10-13-16-19-22-24-27-30-33-36-39-42-51(55)62-48(44-53)46-60-64(57,58)61-47-49(45-59-50(54)41-38-35-32-29-26-21-18-15-12-9-6-3)63-52(56)43-40-37-34-31-28-25-23-20-17-14-11-8-5-2/h8,11,15,17-18,20,25,28,48-49,53H,4-7,9-10,12-14,16,19,21-24,26-27,29-47H2,1-3H3,(H,57,58)/b11-8-,18-15-,20-17-,28-25-. The second kappa shape index (κ2) is 47.0. The van der Waals surface area contributed by atoms with Crippen LogP contribution in [0.3, 0.4) is 0 Å². The highest BCUT2D eigenvalue weighted by Crippen LogP contribution is 2.43. The largest absolute Gasteiger partial charge is 0.472 e. The normalized spacial score (nSPS) is 13.9. The summed E-state index contributed by atoms with van der Waals surface area (Å²) >= 11 is 0.